The number of rotatable bonds is 8. The summed E-state index contributed by atoms with van der Waals surface area (Å²) in [6.45, 7) is 7.42. The van der Waals surface area contributed by atoms with Gasteiger partial charge in [0, 0.05) is 26.7 Å². The average Bonchev–Trinajstić information content (AvgIpc) is 2.58. The van der Waals surface area contributed by atoms with Crippen LogP contribution in [0.4, 0.5) is 9.18 Å². The molecule has 0 N–H and O–H groups in total. The Labute approximate surface area is 160 Å². The minimum absolute atomic E-state index is 0.0461. The van der Waals surface area contributed by atoms with Crippen molar-refractivity contribution >= 4 is 12.1 Å². The Bertz CT molecular complexity index is 645. The van der Waals surface area contributed by atoms with Crippen LogP contribution in [-0.4, -0.2) is 74.9 Å². The highest BCUT2D eigenvalue weighted by molar-refractivity contribution is 5.92. The van der Waals surface area contributed by atoms with E-state index in [1.165, 1.54) is 24.1 Å². The molecule has 1 aromatic rings. The number of hydrogen-bond donors (Lipinski definition) is 0. The van der Waals surface area contributed by atoms with E-state index in [9.17, 15) is 14.0 Å². The van der Waals surface area contributed by atoms with E-state index in [-0.39, 0.29) is 17.4 Å². The molecule has 1 rings (SSSR count). The summed E-state index contributed by atoms with van der Waals surface area (Å²) in [5, 5.41) is 0. The van der Waals surface area contributed by atoms with Crippen LogP contribution in [0.1, 0.15) is 31.1 Å². The number of hydrogen-bond acceptors (Lipinski definition) is 6. The molecule has 0 aliphatic rings. The normalized spacial score (nSPS) is 11.3. The Morgan fingerprint density at radius 2 is 1.78 bits per heavy atom. The zero-order chi connectivity index (χ0) is 20.6. The van der Waals surface area contributed by atoms with Crippen LogP contribution in [0, 0.1) is 5.82 Å². The maximum Gasteiger partial charge on any atom is 0.410 e. The molecule has 8 heteroatoms. The fourth-order valence-electron chi connectivity index (χ4n) is 2.07. The number of amides is 1. The molecule has 1 amide bonds. The summed E-state index contributed by atoms with van der Waals surface area (Å²) in [7, 11) is 4.80. The van der Waals surface area contributed by atoms with E-state index in [0.717, 1.165) is 6.07 Å². The molecular weight excluding hydrogens is 355 g/mol. The van der Waals surface area contributed by atoms with Gasteiger partial charge in [0.05, 0.1) is 7.11 Å². The predicted molar refractivity (Wildman–Crippen MR) is 99.6 cm³/mol. The van der Waals surface area contributed by atoms with Crippen LogP contribution in [0.25, 0.3) is 0 Å². The average molecular weight is 384 g/mol. The van der Waals surface area contributed by atoms with Gasteiger partial charge >= 0.3 is 12.1 Å². The first-order valence-electron chi connectivity index (χ1n) is 8.67. The molecule has 0 unspecified atom stereocenters. The molecule has 0 atom stereocenters. The number of likely N-dealkylation sites (N-methyl/N-ethyl adjacent to an activating group) is 2. The van der Waals surface area contributed by atoms with Gasteiger partial charge in [-0.1, -0.05) is 0 Å². The molecule has 0 aliphatic heterocycles. The summed E-state index contributed by atoms with van der Waals surface area (Å²) in [6, 6.07) is 3.71. The Hall–Kier alpha value is -2.35. The number of nitrogens with zero attached hydrogens (tertiary/aromatic N) is 2. The number of carbonyl (C=O) groups excluding carboxylic acids is 2. The first-order valence-corrected chi connectivity index (χ1v) is 8.67. The lowest BCUT2D eigenvalue weighted by Crippen LogP contribution is -2.39. The van der Waals surface area contributed by atoms with E-state index >= 15 is 0 Å². The molecule has 0 radical (unpaired) electrons. The minimum Gasteiger partial charge on any atom is -0.491 e. The van der Waals surface area contributed by atoms with E-state index in [2.05, 4.69) is 4.74 Å². The van der Waals surface area contributed by atoms with Gasteiger partial charge in [0.2, 0.25) is 0 Å². The molecule has 0 fully saturated rings. The third-order valence-corrected chi connectivity index (χ3v) is 3.60. The van der Waals surface area contributed by atoms with Crippen molar-refractivity contribution in [3.05, 3.63) is 29.6 Å². The van der Waals surface area contributed by atoms with Crippen molar-refractivity contribution in [2.45, 2.75) is 26.4 Å². The van der Waals surface area contributed by atoms with Crippen LogP contribution in [0.15, 0.2) is 18.2 Å². The van der Waals surface area contributed by atoms with Crippen LogP contribution >= 0.6 is 0 Å². The lowest BCUT2D eigenvalue weighted by atomic mass is 10.2. The number of benzene rings is 1. The zero-order valence-corrected chi connectivity index (χ0v) is 16.9. The summed E-state index contributed by atoms with van der Waals surface area (Å²) in [5.41, 5.74) is -0.484. The molecule has 27 heavy (non-hydrogen) atoms. The molecule has 0 bridgehead atoms. The van der Waals surface area contributed by atoms with Gasteiger partial charge < -0.3 is 24.0 Å². The Morgan fingerprint density at radius 1 is 1.11 bits per heavy atom. The van der Waals surface area contributed by atoms with Crippen molar-refractivity contribution in [1.29, 1.82) is 0 Å². The molecule has 0 aliphatic carbocycles. The fourth-order valence-corrected chi connectivity index (χ4v) is 2.07. The molecule has 0 spiro atoms. The zero-order valence-electron chi connectivity index (χ0n) is 16.9. The Kier molecular flexibility index (Phi) is 8.49. The number of esters is 1. The Morgan fingerprint density at radius 3 is 2.37 bits per heavy atom. The monoisotopic (exact) mass is 384 g/mol. The maximum absolute atomic E-state index is 13.3. The second-order valence-electron chi connectivity index (χ2n) is 7.19. The van der Waals surface area contributed by atoms with Crippen molar-refractivity contribution in [1.82, 2.24) is 9.80 Å². The third-order valence-electron chi connectivity index (χ3n) is 3.60. The second-order valence-corrected chi connectivity index (χ2v) is 7.19. The first-order chi connectivity index (χ1) is 12.5. The second kappa shape index (κ2) is 10.1. The van der Waals surface area contributed by atoms with E-state index in [0.29, 0.717) is 26.2 Å². The molecule has 1 aromatic carbocycles. The Balaban J connectivity index is 2.45. The molecule has 7 nitrogen and oxygen atoms in total. The number of carbonyl (C=O) groups is 2. The molecule has 0 aromatic heterocycles. The molecule has 152 valence electrons. The summed E-state index contributed by atoms with van der Waals surface area (Å²) >= 11 is 0. The minimum atomic E-state index is -0.656. The van der Waals surface area contributed by atoms with Gasteiger partial charge in [-0.3, -0.25) is 0 Å². The lowest BCUT2D eigenvalue weighted by Gasteiger charge is -2.26. The smallest absolute Gasteiger partial charge is 0.410 e. The number of ether oxygens (including phenoxy) is 3. The first kappa shape index (κ1) is 22.7. The van der Waals surface area contributed by atoms with Gasteiger partial charge in [-0.25, -0.2) is 14.0 Å². The summed E-state index contributed by atoms with van der Waals surface area (Å²) in [5.74, 6) is -0.926. The fraction of sp³-hybridized carbons (Fsp3) is 0.579. The van der Waals surface area contributed by atoms with Crippen molar-refractivity contribution < 1.29 is 28.2 Å². The van der Waals surface area contributed by atoms with Crippen molar-refractivity contribution in [2.75, 3.05) is 47.4 Å². The van der Waals surface area contributed by atoms with Gasteiger partial charge in [-0.15, -0.1) is 0 Å². The molecule has 0 saturated carbocycles. The SMILES string of the molecule is COC(=O)c1cc(F)ccc1OCCN(C)CCN(C)C(=O)OC(C)(C)C. The highest BCUT2D eigenvalue weighted by Gasteiger charge is 2.19. The van der Waals surface area contributed by atoms with Gasteiger partial charge in [0.1, 0.15) is 29.3 Å². The van der Waals surface area contributed by atoms with Crippen molar-refractivity contribution in [3.63, 3.8) is 0 Å². The van der Waals surface area contributed by atoms with E-state index < -0.39 is 17.4 Å². The van der Waals surface area contributed by atoms with Crippen LogP contribution in [-0.2, 0) is 9.47 Å². The van der Waals surface area contributed by atoms with E-state index in [1.807, 2.05) is 32.7 Å². The van der Waals surface area contributed by atoms with Crippen LogP contribution in [0.5, 0.6) is 5.75 Å². The van der Waals surface area contributed by atoms with Crippen LogP contribution < -0.4 is 4.74 Å². The highest BCUT2D eigenvalue weighted by atomic mass is 19.1. The van der Waals surface area contributed by atoms with Gasteiger partial charge in [-0.05, 0) is 46.0 Å². The van der Waals surface area contributed by atoms with E-state index in [4.69, 9.17) is 9.47 Å². The third kappa shape index (κ3) is 8.25. The maximum atomic E-state index is 13.3. The van der Waals surface area contributed by atoms with Crippen LogP contribution in [0.2, 0.25) is 0 Å². The summed E-state index contributed by atoms with van der Waals surface area (Å²) in [6.07, 6.45) is -0.374. The van der Waals surface area contributed by atoms with Crippen molar-refractivity contribution in [3.8, 4) is 5.75 Å². The largest absolute Gasteiger partial charge is 0.491 e. The highest BCUT2D eigenvalue weighted by Crippen LogP contribution is 2.20. The topological polar surface area (TPSA) is 68.3 Å². The van der Waals surface area contributed by atoms with E-state index in [1.54, 1.807) is 7.05 Å². The lowest BCUT2D eigenvalue weighted by molar-refractivity contribution is 0.0286. The number of halogens is 1. The molecular formula is C19H29FN2O5. The van der Waals surface area contributed by atoms with Gasteiger partial charge in [0.25, 0.3) is 0 Å². The van der Waals surface area contributed by atoms with Gasteiger partial charge in [0.15, 0.2) is 0 Å². The summed E-state index contributed by atoms with van der Waals surface area (Å²) < 4.78 is 28.8. The quantitative estimate of drug-likeness (QED) is 0.642. The van der Waals surface area contributed by atoms with Crippen LogP contribution in [0.3, 0.4) is 0 Å². The van der Waals surface area contributed by atoms with Crippen molar-refractivity contribution in [2.24, 2.45) is 0 Å². The standard InChI is InChI=1S/C19H29FN2O5/c1-19(2,3)27-18(24)22(5)10-9-21(4)11-12-26-16-8-7-14(20)13-15(16)17(23)25-6/h7-8,13H,9-12H2,1-6H3. The predicted octanol–water partition coefficient (Wildman–Crippen LogP) is 2.79. The molecule has 0 heterocycles. The molecule has 0 saturated heterocycles. The summed E-state index contributed by atoms with van der Waals surface area (Å²) in [4.78, 5) is 27.1. The number of methoxy groups -OCH3 is 1. The van der Waals surface area contributed by atoms with Gasteiger partial charge in [-0.2, -0.15) is 0 Å².